The predicted molar refractivity (Wildman–Crippen MR) is 101 cm³/mol. The van der Waals surface area contributed by atoms with Gasteiger partial charge in [-0.15, -0.1) is 21.5 Å². The number of benzene rings is 1. The van der Waals surface area contributed by atoms with Gasteiger partial charge in [-0.2, -0.15) is 26.3 Å². The zero-order valence-corrected chi connectivity index (χ0v) is 17.8. The summed E-state index contributed by atoms with van der Waals surface area (Å²) >= 11 is 2.24. The average molecular weight is 466 g/mol. The summed E-state index contributed by atoms with van der Waals surface area (Å²) in [5, 5.41) is 10.2. The first-order valence-corrected chi connectivity index (χ1v) is 10.2. The van der Waals surface area contributed by atoms with E-state index in [0.717, 1.165) is 28.9 Å². The van der Waals surface area contributed by atoms with Crippen LogP contribution in [-0.4, -0.2) is 19.7 Å². The molecule has 2 heterocycles. The van der Waals surface area contributed by atoms with Crippen LogP contribution in [0.1, 0.15) is 37.7 Å². The van der Waals surface area contributed by atoms with Crippen molar-refractivity contribution in [3.8, 4) is 11.3 Å². The van der Waals surface area contributed by atoms with E-state index in [4.69, 9.17) is 0 Å². The molecular weight excluding hydrogens is 450 g/mol. The third-order valence-electron chi connectivity index (χ3n) is 4.05. The molecule has 0 N–H and O–H groups in total. The van der Waals surface area contributed by atoms with Crippen molar-refractivity contribution in [1.82, 2.24) is 19.7 Å². The minimum absolute atomic E-state index is 0.0253. The second-order valence-electron chi connectivity index (χ2n) is 7.51. The highest BCUT2D eigenvalue weighted by molar-refractivity contribution is 8.00. The van der Waals surface area contributed by atoms with Gasteiger partial charge in [-0.1, -0.05) is 20.8 Å². The van der Waals surface area contributed by atoms with E-state index in [2.05, 4.69) is 15.2 Å². The Morgan fingerprint density at radius 2 is 1.47 bits per heavy atom. The molecule has 2 aromatic heterocycles. The molecule has 3 aromatic rings. The van der Waals surface area contributed by atoms with Gasteiger partial charge in [0.25, 0.3) is 0 Å². The van der Waals surface area contributed by atoms with Crippen LogP contribution in [-0.2, 0) is 24.8 Å². The summed E-state index contributed by atoms with van der Waals surface area (Å²) in [6, 6.07) is 1.43. The summed E-state index contributed by atoms with van der Waals surface area (Å²) < 4.78 is 80.7. The molecule has 12 heteroatoms. The number of alkyl halides is 6. The normalized spacial score (nSPS) is 13.1. The summed E-state index contributed by atoms with van der Waals surface area (Å²) in [5.41, 5.74) is -3.23. The van der Waals surface area contributed by atoms with E-state index in [1.165, 1.54) is 5.38 Å². The van der Waals surface area contributed by atoms with Crippen LogP contribution >= 0.6 is 23.1 Å². The summed E-state index contributed by atoms with van der Waals surface area (Å²) in [7, 11) is 1.78. The van der Waals surface area contributed by atoms with Gasteiger partial charge in [0.1, 0.15) is 5.82 Å². The van der Waals surface area contributed by atoms with Crippen LogP contribution in [0.4, 0.5) is 26.3 Å². The van der Waals surface area contributed by atoms with Crippen molar-refractivity contribution < 1.29 is 26.3 Å². The Balaban J connectivity index is 1.96. The SMILES string of the molecule is Cn1c(Sc2nc(-c3cc(C(F)(F)F)cc(C(F)(F)F)c3)cs2)nnc1C(C)(C)C. The van der Waals surface area contributed by atoms with Crippen LogP contribution in [0, 0.1) is 0 Å². The Morgan fingerprint density at radius 3 is 1.93 bits per heavy atom. The fourth-order valence-electron chi connectivity index (χ4n) is 2.67. The van der Waals surface area contributed by atoms with Crippen molar-refractivity contribution in [3.63, 3.8) is 0 Å². The Kier molecular flexibility index (Phi) is 5.69. The molecule has 1 aromatic carbocycles. The minimum atomic E-state index is -4.91. The lowest BCUT2D eigenvalue weighted by molar-refractivity contribution is -0.143. The van der Waals surface area contributed by atoms with Crippen LogP contribution in [0.2, 0.25) is 0 Å². The quantitative estimate of drug-likeness (QED) is 0.418. The highest BCUT2D eigenvalue weighted by Crippen LogP contribution is 2.40. The molecule has 0 saturated carbocycles. The molecule has 4 nitrogen and oxygen atoms in total. The first-order chi connectivity index (χ1) is 13.7. The lowest BCUT2D eigenvalue weighted by Crippen LogP contribution is -2.17. The molecule has 0 fully saturated rings. The van der Waals surface area contributed by atoms with Crippen LogP contribution in [0.15, 0.2) is 33.1 Å². The van der Waals surface area contributed by atoms with E-state index in [9.17, 15) is 26.3 Å². The van der Waals surface area contributed by atoms with Crippen LogP contribution in [0.3, 0.4) is 0 Å². The molecule has 0 aliphatic carbocycles. The first kappa shape index (κ1) is 22.6. The largest absolute Gasteiger partial charge is 0.416 e. The van der Waals surface area contributed by atoms with E-state index >= 15 is 0 Å². The fourth-order valence-corrected chi connectivity index (χ4v) is 4.39. The molecular formula is C18H16F6N4S2. The van der Waals surface area contributed by atoms with Gasteiger partial charge in [-0.05, 0) is 30.0 Å². The molecule has 0 spiro atoms. The highest BCUT2D eigenvalue weighted by Gasteiger charge is 2.37. The summed E-state index contributed by atoms with van der Waals surface area (Å²) in [4.78, 5) is 4.20. The summed E-state index contributed by atoms with van der Waals surface area (Å²) in [6.45, 7) is 5.91. The zero-order valence-electron chi connectivity index (χ0n) is 16.2. The molecule has 0 saturated heterocycles. The lowest BCUT2D eigenvalue weighted by Gasteiger charge is -2.16. The maximum atomic E-state index is 13.1. The smallest absolute Gasteiger partial charge is 0.308 e. The van der Waals surface area contributed by atoms with Crippen molar-refractivity contribution in [3.05, 3.63) is 40.5 Å². The predicted octanol–water partition coefficient (Wildman–Crippen LogP) is 6.42. The molecule has 0 bridgehead atoms. The van der Waals surface area contributed by atoms with E-state index < -0.39 is 23.5 Å². The zero-order chi connectivity index (χ0) is 22.5. The Bertz CT molecular complexity index is 1030. The van der Waals surface area contributed by atoms with Gasteiger partial charge in [0, 0.05) is 23.4 Å². The number of hydrogen-bond donors (Lipinski definition) is 0. The maximum Gasteiger partial charge on any atom is 0.416 e. The van der Waals surface area contributed by atoms with Gasteiger partial charge in [0.15, 0.2) is 9.50 Å². The number of thiazole rings is 1. The Morgan fingerprint density at radius 1 is 0.900 bits per heavy atom. The summed E-state index contributed by atoms with van der Waals surface area (Å²) in [5.74, 6) is 0.731. The second-order valence-corrected chi connectivity index (χ2v) is 9.58. The topological polar surface area (TPSA) is 43.6 Å². The number of hydrogen-bond acceptors (Lipinski definition) is 5. The van der Waals surface area contributed by atoms with E-state index in [-0.39, 0.29) is 22.7 Å². The molecule has 0 unspecified atom stereocenters. The van der Waals surface area contributed by atoms with E-state index in [1.807, 2.05) is 20.8 Å². The molecule has 0 radical (unpaired) electrons. The monoisotopic (exact) mass is 466 g/mol. The van der Waals surface area contributed by atoms with Gasteiger partial charge >= 0.3 is 12.4 Å². The average Bonchev–Trinajstić information content (AvgIpc) is 3.20. The molecule has 3 rings (SSSR count). The van der Waals surface area contributed by atoms with Crippen molar-refractivity contribution in [2.24, 2.45) is 7.05 Å². The number of halogens is 6. The number of nitrogens with zero attached hydrogens (tertiary/aromatic N) is 4. The maximum absolute atomic E-state index is 13.1. The van der Waals surface area contributed by atoms with Crippen LogP contribution in [0.25, 0.3) is 11.3 Å². The first-order valence-electron chi connectivity index (χ1n) is 8.49. The van der Waals surface area contributed by atoms with Gasteiger partial charge < -0.3 is 4.57 Å². The second kappa shape index (κ2) is 7.56. The van der Waals surface area contributed by atoms with Gasteiger partial charge in [-0.3, -0.25) is 0 Å². The molecule has 30 heavy (non-hydrogen) atoms. The van der Waals surface area contributed by atoms with Crippen molar-refractivity contribution in [2.45, 2.75) is 48.0 Å². The van der Waals surface area contributed by atoms with E-state index in [0.29, 0.717) is 21.6 Å². The fraction of sp³-hybridized carbons (Fsp3) is 0.389. The van der Waals surface area contributed by atoms with Crippen LogP contribution < -0.4 is 0 Å². The van der Waals surface area contributed by atoms with Crippen LogP contribution in [0.5, 0.6) is 0 Å². The standard InChI is InChI=1S/C18H16F6N4S2/c1-16(2,3)13-26-27-14(28(13)4)30-15-25-12(8-29-15)9-5-10(17(19,20)21)7-11(6-9)18(22,23)24/h5-8H,1-4H3. The van der Waals surface area contributed by atoms with Crippen molar-refractivity contribution >= 4 is 23.1 Å². The van der Waals surface area contributed by atoms with Gasteiger partial charge in [0.2, 0.25) is 0 Å². The molecule has 0 aliphatic heterocycles. The number of aromatic nitrogens is 4. The highest BCUT2D eigenvalue weighted by atomic mass is 32.2. The Labute approximate surface area is 176 Å². The third-order valence-corrected chi connectivity index (χ3v) is 6.03. The van der Waals surface area contributed by atoms with Gasteiger partial charge in [-0.25, -0.2) is 4.98 Å². The molecule has 0 aliphatic rings. The van der Waals surface area contributed by atoms with Crippen molar-refractivity contribution in [1.29, 1.82) is 0 Å². The van der Waals surface area contributed by atoms with Gasteiger partial charge in [0.05, 0.1) is 16.8 Å². The molecule has 0 atom stereocenters. The molecule has 162 valence electrons. The Hall–Kier alpha value is -2.08. The molecule has 0 amide bonds. The minimum Gasteiger partial charge on any atom is -0.308 e. The number of rotatable bonds is 3. The lowest BCUT2D eigenvalue weighted by atomic mass is 9.96. The summed E-state index contributed by atoms with van der Waals surface area (Å²) in [6.07, 6.45) is -9.82. The third kappa shape index (κ3) is 4.80. The van der Waals surface area contributed by atoms with E-state index in [1.54, 1.807) is 11.6 Å². The van der Waals surface area contributed by atoms with Crippen molar-refractivity contribution in [2.75, 3.05) is 0 Å².